The molecule has 7 heteroatoms. The number of aliphatic hydroxyl groups is 2. The lowest BCUT2D eigenvalue weighted by atomic mass is 9.73. The molecule has 0 fully saturated rings. The normalized spacial score (nSPS) is 27.7. The third kappa shape index (κ3) is 2.77. The minimum Gasteiger partial charge on any atom is -0.356 e. The summed E-state index contributed by atoms with van der Waals surface area (Å²) in [5, 5.41) is 24.1. The number of hydrogen-bond acceptors (Lipinski definition) is 7. The van der Waals surface area contributed by atoms with E-state index in [0.717, 1.165) is 22.3 Å². The van der Waals surface area contributed by atoms with Crippen molar-refractivity contribution in [1.82, 2.24) is 0 Å². The van der Waals surface area contributed by atoms with E-state index in [4.69, 9.17) is 9.47 Å². The fraction of sp³-hybridized carbons (Fsp3) is 0.300. The number of Topliss-reactive ketones (excluding diaryl/α,β-unsaturated/α-hetero) is 3. The van der Waals surface area contributed by atoms with Gasteiger partial charge in [-0.05, 0) is 111 Å². The molecule has 1 spiro atoms. The standard InChI is InChI=1S/C30H26O7/c1-13-7-19-22(10-16(13)4)28(34)26(32)21-9-15(3)18(6)12-24(21)30(36-28)27(33)20-8-14(2)17(5)11-23(20)29(35,37-30)25(19)31/h7-12,34-35H,1-6H3. The Morgan fingerprint density at radius 2 is 0.784 bits per heavy atom. The number of ether oxygens (including phenoxy) is 2. The van der Waals surface area contributed by atoms with Crippen molar-refractivity contribution in [3.63, 3.8) is 0 Å². The number of ketones is 3. The average molecular weight is 499 g/mol. The maximum atomic E-state index is 14.3. The van der Waals surface area contributed by atoms with E-state index in [1.54, 1.807) is 52.0 Å². The van der Waals surface area contributed by atoms with E-state index < -0.39 is 34.7 Å². The molecular weight excluding hydrogens is 472 g/mol. The van der Waals surface area contributed by atoms with Crippen molar-refractivity contribution in [3.05, 3.63) is 103 Å². The Balaban J connectivity index is 1.84. The van der Waals surface area contributed by atoms with Crippen molar-refractivity contribution in [2.24, 2.45) is 0 Å². The van der Waals surface area contributed by atoms with Crippen molar-refractivity contribution in [1.29, 1.82) is 0 Å². The highest BCUT2D eigenvalue weighted by atomic mass is 16.8. The second kappa shape index (κ2) is 7.08. The van der Waals surface area contributed by atoms with Crippen LogP contribution in [0.15, 0.2) is 36.4 Å². The van der Waals surface area contributed by atoms with Gasteiger partial charge in [0.05, 0.1) is 0 Å². The zero-order valence-electron chi connectivity index (χ0n) is 21.4. The molecule has 3 atom stereocenters. The van der Waals surface area contributed by atoms with E-state index in [1.807, 2.05) is 13.8 Å². The van der Waals surface area contributed by atoms with Crippen LogP contribution in [-0.2, 0) is 26.8 Å². The van der Waals surface area contributed by atoms with E-state index in [-0.39, 0.29) is 33.4 Å². The molecule has 0 aromatic heterocycles. The summed E-state index contributed by atoms with van der Waals surface area (Å²) in [5.41, 5.74) is 4.21. The van der Waals surface area contributed by atoms with Crippen molar-refractivity contribution in [3.8, 4) is 0 Å². The van der Waals surface area contributed by atoms with Gasteiger partial charge in [-0.2, -0.15) is 0 Å². The molecule has 188 valence electrons. The van der Waals surface area contributed by atoms with Crippen molar-refractivity contribution >= 4 is 17.3 Å². The minimum absolute atomic E-state index is 0.00303. The SMILES string of the molecule is Cc1cc2c(cc1C)C1(O)OC3(OC(O)(C(=O)c4cc(C)c(C)cc43)c3cc(C)c(C)cc3C1=O)C2=O. The van der Waals surface area contributed by atoms with Gasteiger partial charge in [0.15, 0.2) is 0 Å². The second-order valence-electron chi connectivity index (χ2n) is 10.5. The van der Waals surface area contributed by atoms with Gasteiger partial charge >= 0.3 is 0 Å². The van der Waals surface area contributed by atoms with Crippen LogP contribution in [0.3, 0.4) is 0 Å². The first-order valence-corrected chi connectivity index (χ1v) is 12.1. The number of benzene rings is 3. The Labute approximate surface area is 213 Å². The van der Waals surface area contributed by atoms with Crippen LogP contribution >= 0.6 is 0 Å². The summed E-state index contributed by atoms with van der Waals surface area (Å²) in [6, 6.07) is 9.31. The number of rotatable bonds is 0. The van der Waals surface area contributed by atoms with E-state index in [9.17, 15) is 24.6 Å². The van der Waals surface area contributed by atoms with E-state index in [2.05, 4.69) is 0 Å². The summed E-state index contributed by atoms with van der Waals surface area (Å²) >= 11 is 0. The summed E-state index contributed by atoms with van der Waals surface area (Å²) in [6.45, 7) is 10.8. The first-order valence-electron chi connectivity index (χ1n) is 12.1. The molecular formula is C30H26O7. The molecule has 6 rings (SSSR count). The second-order valence-corrected chi connectivity index (χ2v) is 10.5. The lowest BCUT2D eigenvalue weighted by Crippen LogP contribution is -2.64. The fourth-order valence-corrected chi connectivity index (χ4v) is 5.60. The molecule has 0 amide bonds. The Morgan fingerprint density at radius 1 is 0.486 bits per heavy atom. The van der Waals surface area contributed by atoms with Crippen LogP contribution in [-0.4, -0.2) is 27.6 Å². The molecule has 0 radical (unpaired) electrons. The van der Waals surface area contributed by atoms with Gasteiger partial charge < -0.3 is 10.2 Å². The number of hydrogen-bond donors (Lipinski definition) is 2. The van der Waals surface area contributed by atoms with Crippen LogP contribution in [0.5, 0.6) is 0 Å². The topological polar surface area (TPSA) is 110 Å². The Hall–Kier alpha value is -3.49. The van der Waals surface area contributed by atoms with Gasteiger partial charge in [-0.3, -0.25) is 23.9 Å². The highest BCUT2D eigenvalue weighted by Gasteiger charge is 2.68. The minimum atomic E-state index is -2.72. The molecule has 2 N–H and O–H groups in total. The molecule has 3 aliphatic rings. The number of aryl methyl sites for hydroxylation is 6. The molecule has 3 bridgehead atoms. The van der Waals surface area contributed by atoms with Crippen molar-refractivity contribution in [2.75, 3.05) is 0 Å². The van der Waals surface area contributed by atoms with Crippen LogP contribution in [0.4, 0.5) is 0 Å². The molecule has 3 heterocycles. The van der Waals surface area contributed by atoms with Gasteiger partial charge in [-0.25, -0.2) is 0 Å². The molecule has 37 heavy (non-hydrogen) atoms. The molecule has 7 nitrogen and oxygen atoms in total. The molecule has 3 aromatic rings. The zero-order valence-corrected chi connectivity index (χ0v) is 21.4. The fourth-order valence-electron chi connectivity index (χ4n) is 5.60. The summed E-state index contributed by atoms with van der Waals surface area (Å²) in [7, 11) is 0. The molecule has 3 aliphatic heterocycles. The van der Waals surface area contributed by atoms with Crippen LogP contribution in [0.1, 0.15) is 81.1 Å². The quantitative estimate of drug-likeness (QED) is 0.482. The van der Waals surface area contributed by atoms with Gasteiger partial charge in [-0.15, -0.1) is 0 Å². The first kappa shape index (κ1) is 23.9. The Morgan fingerprint density at radius 3 is 1.19 bits per heavy atom. The predicted molar refractivity (Wildman–Crippen MR) is 132 cm³/mol. The van der Waals surface area contributed by atoms with Crippen molar-refractivity contribution < 1.29 is 34.1 Å². The van der Waals surface area contributed by atoms with E-state index >= 15 is 0 Å². The van der Waals surface area contributed by atoms with E-state index in [0.29, 0.717) is 11.1 Å². The van der Waals surface area contributed by atoms with Crippen LogP contribution < -0.4 is 0 Å². The molecule has 3 aromatic carbocycles. The summed E-state index contributed by atoms with van der Waals surface area (Å²) in [4.78, 5) is 42.4. The number of fused-ring (bicyclic) bond motifs is 7. The maximum Gasteiger partial charge on any atom is 0.268 e. The highest BCUT2D eigenvalue weighted by Crippen LogP contribution is 2.56. The van der Waals surface area contributed by atoms with Crippen LogP contribution in [0.25, 0.3) is 0 Å². The predicted octanol–water partition coefficient (Wildman–Crippen LogP) is 4.00. The third-order valence-electron chi connectivity index (χ3n) is 8.22. The molecule has 0 saturated heterocycles. The summed E-state index contributed by atoms with van der Waals surface area (Å²) < 4.78 is 12.2. The van der Waals surface area contributed by atoms with Gasteiger partial charge in [-0.1, -0.05) is 0 Å². The smallest absolute Gasteiger partial charge is 0.268 e. The van der Waals surface area contributed by atoms with Crippen LogP contribution in [0.2, 0.25) is 0 Å². The Kier molecular flexibility index (Phi) is 4.57. The van der Waals surface area contributed by atoms with Gasteiger partial charge in [0.1, 0.15) is 0 Å². The summed E-state index contributed by atoms with van der Waals surface area (Å²) in [6.07, 6.45) is 0. The lowest BCUT2D eigenvalue weighted by molar-refractivity contribution is -0.378. The monoisotopic (exact) mass is 498 g/mol. The first-order chi connectivity index (χ1) is 17.2. The molecule has 0 aliphatic carbocycles. The van der Waals surface area contributed by atoms with Gasteiger partial charge in [0, 0.05) is 33.4 Å². The number of carbonyl (C=O) groups excluding carboxylic acids is 3. The largest absolute Gasteiger partial charge is 0.356 e. The Bertz CT molecular complexity index is 1630. The van der Waals surface area contributed by atoms with Gasteiger partial charge in [0.2, 0.25) is 17.3 Å². The lowest BCUT2D eigenvalue weighted by Gasteiger charge is -2.51. The van der Waals surface area contributed by atoms with Crippen LogP contribution in [0, 0.1) is 41.5 Å². The van der Waals surface area contributed by atoms with Gasteiger partial charge in [0.25, 0.3) is 17.4 Å². The maximum absolute atomic E-state index is 14.3. The summed E-state index contributed by atoms with van der Waals surface area (Å²) in [5.74, 6) is -10.2. The molecule has 3 unspecified atom stereocenters. The number of carbonyl (C=O) groups is 3. The zero-order chi connectivity index (χ0) is 26.8. The molecule has 0 saturated carbocycles. The third-order valence-corrected chi connectivity index (χ3v) is 8.22. The van der Waals surface area contributed by atoms with E-state index in [1.165, 1.54) is 12.1 Å². The highest BCUT2D eigenvalue weighted by molar-refractivity contribution is 6.15. The average Bonchev–Trinajstić information content (AvgIpc) is 2.84. The van der Waals surface area contributed by atoms with Crippen molar-refractivity contribution in [2.45, 2.75) is 58.9 Å².